The normalized spacial score (nSPS) is 13.2. The molecule has 2 N–H and O–H groups in total. The Morgan fingerprint density at radius 1 is 1.37 bits per heavy atom. The van der Waals surface area contributed by atoms with Gasteiger partial charge in [0, 0.05) is 13.2 Å². The van der Waals surface area contributed by atoms with Crippen LogP contribution in [0, 0.1) is 11.6 Å². The Hall–Kier alpha value is -1.58. The molecular formula is C10H11F2NO5S. The van der Waals surface area contributed by atoms with Crippen LogP contribution in [-0.2, 0) is 19.6 Å². The number of rotatable bonds is 6. The number of ether oxygens (including phenoxy) is 1. The Kier molecular flexibility index (Phi) is 4.92. The summed E-state index contributed by atoms with van der Waals surface area (Å²) in [5.74, 6) is -3.64. The number of carboxylic acid groups (broad SMARTS) is 1. The second-order valence-electron chi connectivity index (χ2n) is 3.57. The van der Waals surface area contributed by atoms with Crippen molar-refractivity contribution >= 4 is 16.0 Å². The maximum atomic E-state index is 12.9. The van der Waals surface area contributed by atoms with Crippen molar-refractivity contribution in [2.75, 3.05) is 13.7 Å². The van der Waals surface area contributed by atoms with Crippen molar-refractivity contribution in [2.45, 2.75) is 10.9 Å². The van der Waals surface area contributed by atoms with E-state index in [2.05, 4.69) is 4.74 Å². The van der Waals surface area contributed by atoms with Crippen LogP contribution < -0.4 is 4.72 Å². The van der Waals surface area contributed by atoms with Crippen LogP contribution in [0.5, 0.6) is 0 Å². The topological polar surface area (TPSA) is 92.7 Å². The van der Waals surface area contributed by atoms with Gasteiger partial charge in [-0.25, -0.2) is 17.2 Å². The van der Waals surface area contributed by atoms with Gasteiger partial charge in [-0.2, -0.15) is 4.72 Å². The van der Waals surface area contributed by atoms with E-state index in [0.717, 1.165) is 0 Å². The molecule has 0 aliphatic heterocycles. The third-order valence-electron chi connectivity index (χ3n) is 2.08. The second kappa shape index (κ2) is 6.04. The van der Waals surface area contributed by atoms with Crippen molar-refractivity contribution in [1.82, 2.24) is 4.72 Å². The molecule has 106 valence electrons. The van der Waals surface area contributed by atoms with Crippen molar-refractivity contribution in [3.63, 3.8) is 0 Å². The molecule has 0 radical (unpaired) electrons. The first-order chi connectivity index (χ1) is 8.76. The first kappa shape index (κ1) is 15.5. The zero-order chi connectivity index (χ0) is 14.6. The van der Waals surface area contributed by atoms with Crippen molar-refractivity contribution in [1.29, 1.82) is 0 Å². The second-order valence-corrected chi connectivity index (χ2v) is 5.29. The maximum Gasteiger partial charge on any atom is 0.324 e. The molecule has 0 heterocycles. The third-order valence-corrected chi connectivity index (χ3v) is 3.53. The molecule has 1 unspecified atom stereocenters. The van der Waals surface area contributed by atoms with Gasteiger partial charge in [0.2, 0.25) is 10.0 Å². The Balaban J connectivity index is 3.06. The summed E-state index contributed by atoms with van der Waals surface area (Å²) in [4.78, 5) is 10.1. The molecular weight excluding hydrogens is 284 g/mol. The standard InChI is InChI=1S/C10H11F2NO5S/c1-18-5-9(10(14)15)13-19(16,17)8-3-6(11)2-7(12)4-8/h2-4,9,13H,5H2,1H3,(H,14,15). The van der Waals surface area contributed by atoms with Gasteiger partial charge < -0.3 is 9.84 Å². The largest absolute Gasteiger partial charge is 0.480 e. The highest BCUT2D eigenvalue weighted by molar-refractivity contribution is 7.89. The Morgan fingerprint density at radius 3 is 2.32 bits per heavy atom. The molecule has 0 amide bonds. The maximum absolute atomic E-state index is 12.9. The number of halogens is 2. The fourth-order valence-corrected chi connectivity index (χ4v) is 2.48. The molecule has 0 saturated carbocycles. The van der Waals surface area contributed by atoms with Gasteiger partial charge >= 0.3 is 5.97 Å². The molecule has 0 bridgehead atoms. The summed E-state index contributed by atoms with van der Waals surface area (Å²) in [6.07, 6.45) is 0. The van der Waals surface area contributed by atoms with E-state index in [9.17, 15) is 22.0 Å². The molecule has 0 fully saturated rings. The number of sulfonamides is 1. The molecule has 0 saturated heterocycles. The van der Waals surface area contributed by atoms with Crippen LogP contribution in [-0.4, -0.2) is 39.3 Å². The van der Waals surface area contributed by atoms with Gasteiger partial charge in [-0.3, -0.25) is 4.79 Å². The number of hydrogen-bond acceptors (Lipinski definition) is 4. The quantitative estimate of drug-likeness (QED) is 0.789. The van der Waals surface area contributed by atoms with E-state index in [1.165, 1.54) is 7.11 Å². The number of nitrogens with one attached hydrogen (secondary N) is 1. The SMILES string of the molecule is COCC(NS(=O)(=O)c1cc(F)cc(F)c1)C(=O)O. The number of aliphatic carboxylic acids is 1. The number of carboxylic acids is 1. The number of hydrogen-bond donors (Lipinski definition) is 2. The number of carbonyl (C=O) groups is 1. The summed E-state index contributed by atoms with van der Waals surface area (Å²) in [6.45, 7) is -0.424. The van der Waals surface area contributed by atoms with Gasteiger partial charge in [0.1, 0.15) is 17.7 Å². The van der Waals surface area contributed by atoms with Crippen LogP contribution >= 0.6 is 0 Å². The Labute approximate surface area is 108 Å². The van der Waals surface area contributed by atoms with Gasteiger partial charge in [-0.05, 0) is 12.1 Å². The Morgan fingerprint density at radius 2 is 1.89 bits per heavy atom. The van der Waals surface area contributed by atoms with Crippen LogP contribution in [0.25, 0.3) is 0 Å². The van der Waals surface area contributed by atoms with Crippen LogP contribution in [0.4, 0.5) is 8.78 Å². The van der Waals surface area contributed by atoms with Crippen molar-refractivity contribution in [3.8, 4) is 0 Å². The first-order valence-corrected chi connectivity index (χ1v) is 6.45. The van der Waals surface area contributed by atoms with Crippen LogP contribution in [0.15, 0.2) is 23.1 Å². The monoisotopic (exact) mass is 295 g/mol. The third kappa shape index (κ3) is 4.23. The van der Waals surface area contributed by atoms with Crippen molar-refractivity contribution < 1.29 is 31.8 Å². The average Bonchev–Trinajstić information content (AvgIpc) is 2.26. The fraction of sp³-hybridized carbons (Fsp3) is 0.300. The van der Waals surface area contributed by atoms with Gasteiger partial charge in [0.05, 0.1) is 11.5 Å². The van der Waals surface area contributed by atoms with E-state index in [4.69, 9.17) is 5.11 Å². The zero-order valence-corrected chi connectivity index (χ0v) is 10.6. The van der Waals surface area contributed by atoms with E-state index >= 15 is 0 Å². The zero-order valence-electron chi connectivity index (χ0n) is 9.76. The highest BCUT2D eigenvalue weighted by atomic mass is 32.2. The van der Waals surface area contributed by atoms with E-state index < -0.39 is 45.2 Å². The molecule has 1 rings (SSSR count). The highest BCUT2D eigenvalue weighted by Gasteiger charge is 2.26. The lowest BCUT2D eigenvalue weighted by Crippen LogP contribution is -2.43. The minimum Gasteiger partial charge on any atom is -0.480 e. The fourth-order valence-electron chi connectivity index (χ4n) is 1.26. The summed E-state index contributed by atoms with van der Waals surface area (Å²) in [5, 5.41) is 8.77. The molecule has 1 aromatic rings. The van der Waals surface area contributed by atoms with Gasteiger partial charge in [0.15, 0.2) is 0 Å². The molecule has 0 spiro atoms. The highest BCUT2D eigenvalue weighted by Crippen LogP contribution is 2.14. The Bertz CT molecular complexity index is 555. The van der Waals surface area contributed by atoms with Crippen molar-refractivity contribution in [2.24, 2.45) is 0 Å². The van der Waals surface area contributed by atoms with Gasteiger partial charge in [-0.1, -0.05) is 0 Å². The van der Waals surface area contributed by atoms with Crippen LogP contribution in [0.3, 0.4) is 0 Å². The van der Waals surface area contributed by atoms with E-state index in [0.29, 0.717) is 18.2 Å². The minimum atomic E-state index is -4.36. The first-order valence-electron chi connectivity index (χ1n) is 4.96. The summed E-state index contributed by atoms with van der Waals surface area (Å²) in [5.41, 5.74) is 0. The van der Waals surface area contributed by atoms with E-state index in [-0.39, 0.29) is 0 Å². The predicted octanol–water partition coefficient (Wildman–Crippen LogP) is 0.343. The van der Waals surface area contributed by atoms with Gasteiger partial charge in [-0.15, -0.1) is 0 Å². The van der Waals surface area contributed by atoms with Crippen LogP contribution in [0.2, 0.25) is 0 Å². The van der Waals surface area contributed by atoms with E-state index in [1.807, 2.05) is 0 Å². The molecule has 9 heteroatoms. The summed E-state index contributed by atoms with van der Waals surface area (Å²) < 4.78 is 55.7. The summed E-state index contributed by atoms with van der Waals surface area (Å²) in [6, 6.07) is 0.109. The molecule has 1 aromatic carbocycles. The number of methoxy groups -OCH3 is 1. The summed E-state index contributed by atoms with van der Waals surface area (Å²) in [7, 11) is -3.18. The van der Waals surface area contributed by atoms with Gasteiger partial charge in [0.25, 0.3) is 0 Å². The molecule has 0 aliphatic rings. The molecule has 6 nitrogen and oxygen atoms in total. The molecule has 1 atom stereocenters. The lowest BCUT2D eigenvalue weighted by atomic mass is 10.3. The van der Waals surface area contributed by atoms with E-state index in [1.54, 1.807) is 4.72 Å². The molecule has 0 aliphatic carbocycles. The van der Waals surface area contributed by atoms with Crippen molar-refractivity contribution in [3.05, 3.63) is 29.8 Å². The lowest BCUT2D eigenvalue weighted by molar-refractivity contribution is -0.140. The lowest BCUT2D eigenvalue weighted by Gasteiger charge is -2.13. The predicted molar refractivity (Wildman–Crippen MR) is 60.0 cm³/mol. The molecule has 19 heavy (non-hydrogen) atoms. The average molecular weight is 295 g/mol. The number of benzene rings is 1. The molecule has 0 aromatic heterocycles. The summed E-state index contributed by atoms with van der Waals surface area (Å²) >= 11 is 0. The minimum absolute atomic E-state index is 0.424. The smallest absolute Gasteiger partial charge is 0.324 e. The van der Waals surface area contributed by atoms with Crippen LogP contribution in [0.1, 0.15) is 0 Å².